The van der Waals surface area contributed by atoms with Crippen molar-refractivity contribution in [3.8, 4) is 0 Å². The van der Waals surface area contributed by atoms with Crippen molar-refractivity contribution >= 4 is 38.6 Å². The fourth-order valence-corrected chi connectivity index (χ4v) is 2.45. The molecule has 0 bridgehead atoms. The Kier molecular flexibility index (Phi) is 3.56. The first-order valence-corrected chi connectivity index (χ1v) is 6.67. The molecule has 2 rings (SSSR count). The Labute approximate surface area is 123 Å². The van der Waals surface area contributed by atoms with E-state index >= 15 is 0 Å². The molecule has 0 N–H and O–H groups in total. The van der Waals surface area contributed by atoms with Crippen molar-refractivity contribution in [2.24, 2.45) is 0 Å². The van der Waals surface area contributed by atoms with Crippen LogP contribution in [-0.4, -0.2) is 21.2 Å². The first-order valence-electron chi connectivity index (χ1n) is 5.88. The van der Waals surface area contributed by atoms with Crippen LogP contribution in [0.5, 0.6) is 0 Å². The van der Waals surface area contributed by atoms with Crippen LogP contribution in [0.3, 0.4) is 0 Å². The van der Waals surface area contributed by atoms with E-state index in [4.69, 9.17) is 4.74 Å². The lowest BCUT2D eigenvalue weighted by Crippen LogP contribution is -2.26. The molecular formula is C13H13BrN2O4. The standard InChI is InChI=1S/C13H13BrN2O4/c1-13(2,3)20-12(17)15-7-8(14)11-9(15)5-4-6-10(11)16(18)19/h4-7H,1-3H3. The Balaban J connectivity index is 2.60. The predicted molar refractivity (Wildman–Crippen MR) is 77.9 cm³/mol. The number of ether oxygens (including phenoxy) is 1. The highest BCUT2D eigenvalue weighted by Gasteiger charge is 2.23. The number of nitrogens with zero attached hydrogens (tertiary/aromatic N) is 2. The minimum absolute atomic E-state index is 0.0586. The van der Waals surface area contributed by atoms with Gasteiger partial charge in [0.05, 0.1) is 20.3 Å². The molecule has 1 aromatic heterocycles. The van der Waals surface area contributed by atoms with Gasteiger partial charge in [-0.25, -0.2) is 4.79 Å². The third kappa shape index (κ3) is 2.67. The van der Waals surface area contributed by atoms with E-state index in [0.29, 0.717) is 15.4 Å². The topological polar surface area (TPSA) is 74.4 Å². The maximum atomic E-state index is 12.1. The molecule has 0 fully saturated rings. The van der Waals surface area contributed by atoms with Gasteiger partial charge < -0.3 is 4.74 Å². The van der Waals surface area contributed by atoms with Crippen LogP contribution in [0, 0.1) is 10.1 Å². The molecule has 0 aliphatic carbocycles. The van der Waals surface area contributed by atoms with Crippen LogP contribution < -0.4 is 0 Å². The van der Waals surface area contributed by atoms with E-state index in [2.05, 4.69) is 15.9 Å². The number of rotatable bonds is 1. The zero-order chi connectivity index (χ0) is 15.1. The normalized spacial score (nSPS) is 11.6. The molecule has 0 spiro atoms. The SMILES string of the molecule is CC(C)(C)OC(=O)n1cc(Br)c2c([N+](=O)[O-])cccc21. The van der Waals surface area contributed by atoms with Gasteiger partial charge in [-0.05, 0) is 42.8 Å². The molecule has 0 unspecified atom stereocenters. The van der Waals surface area contributed by atoms with Gasteiger partial charge >= 0.3 is 6.09 Å². The van der Waals surface area contributed by atoms with Crippen molar-refractivity contribution < 1.29 is 14.5 Å². The van der Waals surface area contributed by atoms with Crippen molar-refractivity contribution in [1.29, 1.82) is 0 Å². The van der Waals surface area contributed by atoms with E-state index in [-0.39, 0.29) is 5.69 Å². The van der Waals surface area contributed by atoms with E-state index in [1.54, 1.807) is 26.8 Å². The van der Waals surface area contributed by atoms with Gasteiger partial charge in [0.1, 0.15) is 5.60 Å². The van der Waals surface area contributed by atoms with Gasteiger partial charge in [-0.1, -0.05) is 6.07 Å². The van der Waals surface area contributed by atoms with Crippen LogP contribution in [0.4, 0.5) is 10.5 Å². The van der Waals surface area contributed by atoms with E-state index < -0.39 is 16.6 Å². The summed E-state index contributed by atoms with van der Waals surface area (Å²) in [5, 5.41) is 11.4. The predicted octanol–water partition coefficient (Wildman–Crippen LogP) is 4.10. The number of halogens is 1. The molecule has 6 nitrogen and oxygen atoms in total. The Morgan fingerprint density at radius 3 is 2.60 bits per heavy atom. The maximum absolute atomic E-state index is 12.1. The van der Waals surface area contributed by atoms with E-state index in [9.17, 15) is 14.9 Å². The smallest absolute Gasteiger partial charge is 0.419 e. The Morgan fingerprint density at radius 1 is 1.40 bits per heavy atom. The van der Waals surface area contributed by atoms with E-state index in [1.807, 2.05) is 0 Å². The van der Waals surface area contributed by atoms with Crippen LogP contribution >= 0.6 is 15.9 Å². The molecule has 0 amide bonds. The van der Waals surface area contributed by atoms with E-state index in [0.717, 1.165) is 0 Å². The molecule has 0 aliphatic rings. The van der Waals surface area contributed by atoms with Crippen LogP contribution in [0.1, 0.15) is 20.8 Å². The minimum Gasteiger partial charge on any atom is -0.443 e. The summed E-state index contributed by atoms with van der Waals surface area (Å²) in [7, 11) is 0. The number of carbonyl (C=O) groups excluding carboxylic acids is 1. The average molecular weight is 341 g/mol. The summed E-state index contributed by atoms with van der Waals surface area (Å²) >= 11 is 3.25. The van der Waals surface area contributed by atoms with Gasteiger partial charge in [0.25, 0.3) is 5.69 Å². The number of fused-ring (bicyclic) bond motifs is 1. The zero-order valence-electron chi connectivity index (χ0n) is 11.2. The van der Waals surface area contributed by atoms with Gasteiger partial charge in [-0.3, -0.25) is 14.7 Å². The number of carbonyl (C=O) groups is 1. The van der Waals surface area contributed by atoms with Crippen LogP contribution in [0.25, 0.3) is 10.9 Å². The number of nitro benzene ring substituents is 1. The number of nitro groups is 1. The molecule has 1 aromatic carbocycles. The van der Waals surface area contributed by atoms with Gasteiger partial charge in [-0.15, -0.1) is 0 Å². The average Bonchev–Trinajstić information content (AvgIpc) is 2.65. The molecule has 1 heterocycles. The third-order valence-electron chi connectivity index (χ3n) is 2.55. The molecule has 0 saturated carbocycles. The highest BCUT2D eigenvalue weighted by atomic mass is 79.9. The molecular weight excluding hydrogens is 328 g/mol. The Morgan fingerprint density at radius 2 is 2.05 bits per heavy atom. The van der Waals surface area contributed by atoms with Crippen LogP contribution in [0.2, 0.25) is 0 Å². The molecule has 2 aromatic rings. The molecule has 0 saturated heterocycles. The lowest BCUT2D eigenvalue weighted by molar-refractivity contribution is -0.383. The number of aromatic nitrogens is 1. The summed E-state index contributed by atoms with van der Waals surface area (Å²) in [6.45, 7) is 5.27. The summed E-state index contributed by atoms with van der Waals surface area (Å²) < 4.78 is 7.02. The summed E-state index contributed by atoms with van der Waals surface area (Å²) in [5.41, 5.74) is -0.266. The molecule has 0 aliphatic heterocycles. The second-order valence-corrected chi connectivity index (χ2v) is 6.11. The monoisotopic (exact) mass is 340 g/mol. The van der Waals surface area contributed by atoms with Crippen molar-refractivity contribution in [2.45, 2.75) is 26.4 Å². The number of hydrogen-bond donors (Lipinski definition) is 0. The van der Waals surface area contributed by atoms with Crippen LogP contribution in [0.15, 0.2) is 28.9 Å². The molecule has 0 atom stereocenters. The first-order chi connectivity index (χ1) is 9.20. The second kappa shape index (κ2) is 4.90. The van der Waals surface area contributed by atoms with E-state index in [1.165, 1.54) is 22.9 Å². The maximum Gasteiger partial charge on any atom is 0.419 e. The lowest BCUT2D eigenvalue weighted by atomic mass is 10.2. The molecule has 0 radical (unpaired) electrons. The second-order valence-electron chi connectivity index (χ2n) is 5.26. The first kappa shape index (κ1) is 14.5. The highest BCUT2D eigenvalue weighted by Crippen LogP contribution is 2.34. The molecule has 7 heteroatoms. The largest absolute Gasteiger partial charge is 0.443 e. The summed E-state index contributed by atoms with van der Waals surface area (Å²) in [6, 6.07) is 4.57. The summed E-state index contributed by atoms with van der Waals surface area (Å²) in [6.07, 6.45) is 0.903. The number of benzene rings is 1. The fourth-order valence-electron chi connectivity index (χ4n) is 1.84. The summed E-state index contributed by atoms with van der Waals surface area (Å²) in [5.74, 6) is 0. The van der Waals surface area contributed by atoms with Gasteiger partial charge in [0, 0.05) is 12.3 Å². The summed E-state index contributed by atoms with van der Waals surface area (Å²) in [4.78, 5) is 22.7. The molecule has 20 heavy (non-hydrogen) atoms. The van der Waals surface area contributed by atoms with Crippen molar-refractivity contribution in [2.75, 3.05) is 0 Å². The van der Waals surface area contributed by atoms with Crippen LogP contribution in [-0.2, 0) is 4.74 Å². The van der Waals surface area contributed by atoms with Crippen molar-refractivity contribution in [3.63, 3.8) is 0 Å². The lowest BCUT2D eigenvalue weighted by Gasteiger charge is -2.19. The highest BCUT2D eigenvalue weighted by molar-refractivity contribution is 9.10. The quantitative estimate of drug-likeness (QED) is 0.578. The third-order valence-corrected chi connectivity index (χ3v) is 3.15. The Hall–Kier alpha value is -1.89. The van der Waals surface area contributed by atoms with Gasteiger partial charge in [0.15, 0.2) is 0 Å². The number of non-ortho nitro benzene ring substituents is 1. The number of hydrogen-bond acceptors (Lipinski definition) is 4. The minimum atomic E-state index is -0.638. The fraction of sp³-hybridized carbons (Fsp3) is 0.308. The van der Waals surface area contributed by atoms with Gasteiger partial charge in [-0.2, -0.15) is 0 Å². The zero-order valence-corrected chi connectivity index (χ0v) is 12.8. The van der Waals surface area contributed by atoms with Crippen molar-refractivity contribution in [3.05, 3.63) is 39.0 Å². The Bertz CT molecular complexity index is 700. The molecule has 106 valence electrons. The van der Waals surface area contributed by atoms with Gasteiger partial charge in [0.2, 0.25) is 0 Å². The van der Waals surface area contributed by atoms with Crippen molar-refractivity contribution in [1.82, 2.24) is 4.57 Å².